The van der Waals surface area contributed by atoms with E-state index in [-0.39, 0.29) is 12.2 Å². The minimum absolute atomic E-state index is 0.203. The molecule has 0 spiro atoms. The molecule has 44 heavy (non-hydrogen) atoms. The molecule has 0 fully saturated rings. The summed E-state index contributed by atoms with van der Waals surface area (Å²) in [7, 11) is 1.60. The molecule has 1 aliphatic heterocycles. The van der Waals surface area contributed by atoms with Gasteiger partial charge in [-0.25, -0.2) is 9.79 Å². The molecular weight excluding hydrogens is 685 g/mol. The second kappa shape index (κ2) is 11.9. The number of hydrogen-bond donors (Lipinski definition) is 0. The van der Waals surface area contributed by atoms with Crippen LogP contribution in [0.5, 0.6) is 5.75 Å². The Labute approximate surface area is 272 Å². The van der Waals surface area contributed by atoms with Gasteiger partial charge in [0.05, 0.1) is 29.5 Å². The molecule has 2 aromatic heterocycles. The molecule has 0 N–H and O–H groups in total. The summed E-state index contributed by atoms with van der Waals surface area (Å²) >= 11 is 3.68. The number of hydrogen-bond acceptors (Lipinski definition) is 6. The molecule has 1 atom stereocenters. The van der Waals surface area contributed by atoms with Crippen molar-refractivity contribution in [1.29, 1.82) is 0 Å². The van der Waals surface area contributed by atoms with Crippen LogP contribution in [-0.4, -0.2) is 28.8 Å². The summed E-state index contributed by atoms with van der Waals surface area (Å²) in [5.74, 6) is 0.0790. The van der Waals surface area contributed by atoms with Crippen molar-refractivity contribution in [3.8, 4) is 11.4 Å². The van der Waals surface area contributed by atoms with Crippen LogP contribution in [0, 0.1) is 24.3 Å². The molecule has 3 aromatic carbocycles. The number of benzene rings is 3. The number of ether oxygens (including phenoxy) is 2. The first-order valence-corrected chi connectivity index (χ1v) is 16.2. The predicted octanol–water partition coefficient (Wildman–Crippen LogP) is 6.28. The second-order valence-corrected chi connectivity index (χ2v) is 13.0. The summed E-state index contributed by atoms with van der Waals surface area (Å²) in [5, 5.41) is 1.86. The number of methoxy groups -OCH3 is 1. The maximum Gasteiger partial charge on any atom is 0.338 e. The molecule has 0 aliphatic carbocycles. The number of allylic oxidation sites excluding steroid dienone is 1. The first kappa shape index (κ1) is 30.1. The molecular formula is C35H32IN3O4S. The molecule has 5 aromatic rings. The van der Waals surface area contributed by atoms with E-state index in [4.69, 9.17) is 14.5 Å². The van der Waals surface area contributed by atoms with Crippen LogP contribution in [0.2, 0.25) is 0 Å². The third-order valence-corrected chi connectivity index (χ3v) is 10.3. The van der Waals surface area contributed by atoms with Gasteiger partial charge in [0.1, 0.15) is 11.8 Å². The molecule has 1 aliphatic rings. The SMILES string of the molecule is CCOC(=O)C1=C(C)N=c2s/c(=C/c3cc(C)n(-c4ccc(C)c(I)c4)c3C)c(=O)n2[C@H]1c1c(OC)ccc2ccccc12. The van der Waals surface area contributed by atoms with Gasteiger partial charge in [0.2, 0.25) is 0 Å². The Morgan fingerprint density at radius 3 is 2.57 bits per heavy atom. The van der Waals surface area contributed by atoms with Crippen molar-refractivity contribution in [2.75, 3.05) is 13.7 Å². The largest absolute Gasteiger partial charge is 0.496 e. The molecule has 224 valence electrons. The lowest BCUT2D eigenvalue weighted by Crippen LogP contribution is -2.40. The van der Waals surface area contributed by atoms with E-state index in [9.17, 15) is 9.59 Å². The quantitative estimate of drug-likeness (QED) is 0.153. The fourth-order valence-electron chi connectivity index (χ4n) is 5.99. The van der Waals surface area contributed by atoms with Crippen molar-refractivity contribution in [3.63, 3.8) is 0 Å². The zero-order chi connectivity index (χ0) is 31.3. The Hall–Kier alpha value is -3.96. The van der Waals surface area contributed by atoms with Gasteiger partial charge < -0.3 is 14.0 Å². The summed E-state index contributed by atoms with van der Waals surface area (Å²) in [6.45, 7) is 10.0. The molecule has 0 bridgehead atoms. The Kier molecular flexibility index (Phi) is 8.10. The Morgan fingerprint density at radius 2 is 1.84 bits per heavy atom. The number of aromatic nitrogens is 2. The molecule has 0 unspecified atom stereocenters. The van der Waals surface area contributed by atoms with Gasteiger partial charge in [-0.05, 0) is 109 Å². The molecule has 6 rings (SSSR count). The van der Waals surface area contributed by atoms with Crippen molar-refractivity contribution in [1.82, 2.24) is 9.13 Å². The average Bonchev–Trinajstić information content (AvgIpc) is 3.46. The lowest BCUT2D eigenvalue weighted by atomic mass is 9.90. The number of carbonyl (C=O) groups excluding carboxylic acids is 1. The molecule has 0 amide bonds. The van der Waals surface area contributed by atoms with Gasteiger partial charge >= 0.3 is 5.97 Å². The van der Waals surface area contributed by atoms with Crippen molar-refractivity contribution >= 4 is 56.7 Å². The number of fused-ring (bicyclic) bond motifs is 2. The van der Waals surface area contributed by atoms with Gasteiger partial charge in [-0.1, -0.05) is 47.7 Å². The van der Waals surface area contributed by atoms with E-state index in [0.717, 1.165) is 39.0 Å². The smallest absolute Gasteiger partial charge is 0.338 e. The first-order valence-electron chi connectivity index (χ1n) is 14.3. The van der Waals surface area contributed by atoms with Crippen LogP contribution < -0.4 is 19.6 Å². The molecule has 0 radical (unpaired) electrons. The van der Waals surface area contributed by atoms with E-state index < -0.39 is 12.0 Å². The standard InChI is InChI=1S/C35H32IN3O4S/c1-7-43-34(41)30-21(4)37-35-39(32(30)31-26-11-9-8-10-23(26)13-15-28(31)42-6)33(40)29(44-35)17-24-16-20(3)38(22(24)5)25-14-12-19(2)27(36)18-25/h8-18,32H,7H2,1-6H3/b29-17+/t32-/m1/s1. The van der Waals surface area contributed by atoms with Crippen LogP contribution in [-0.2, 0) is 9.53 Å². The number of thiazole rings is 1. The molecule has 9 heteroatoms. The monoisotopic (exact) mass is 717 g/mol. The number of carbonyl (C=O) groups is 1. The van der Waals surface area contributed by atoms with E-state index >= 15 is 0 Å². The molecule has 7 nitrogen and oxygen atoms in total. The number of rotatable bonds is 6. The fourth-order valence-corrected chi connectivity index (χ4v) is 7.53. The van der Waals surface area contributed by atoms with E-state index in [0.29, 0.717) is 26.4 Å². The molecule has 0 saturated heterocycles. The highest BCUT2D eigenvalue weighted by Crippen LogP contribution is 2.40. The van der Waals surface area contributed by atoms with Gasteiger partial charge in [0.15, 0.2) is 4.80 Å². The highest BCUT2D eigenvalue weighted by Gasteiger charge is 2.36. The van der Waals surface area contributed by atoms with Gasteiger partial charge in [-0.2, -0.15) is 0 Å². The molecule has 3 heterocycles. The highest BCUT2D eigenvalue weighted by molar-refractivity contribution is 14.1. The Balaban J connectivity index is 1.60. The van der Waals surface area contributed by atoms with Crippen molar-refractivity contribution in [2.45, 2.75) is 40.7 Å². The van der Waals surface area contributed by atoms with Crippen molar-refractivity contribution in [3.05, 3.63) is 123 Å². The highest BCUT2D eigenvalue weighted by atomic mass is 127. The Morgan fingerprint density at radius 1 is 1.07 bits per heavy atom. The summed E-state index contributed by atoms with van der Waals surface area (Å²) < 4.78 is 16.9. The van der Waals surface area contributed by atoms with Gasteiger partial charge in [0, 0.05) is 26.2 Å². The zero-order valence-electron chi connectivity index (χ0n) is 25.4. The second-order valence-electron chi connectivity index (χ2n) is 10.8. The lowest BCUT2D eigenvalue weighted by Gasteiger charge is -2.27. The average molecular weight is 718 g/mol. The zero-order valence-corrected chi connectivity index (χ0v) is 28.4. The van der Waals surface area contributed by atoms with Crippen LogP contribution in [0.25, 0.3) is 22.5 Å². The van der Waals surface area contributed by atoms with E-state index in [2.05, 4.69) is 72.2 Å². The number of aryl methyl sites for hydroxylation is 2. The van der Waals surface area contributed by atoms with Gasteiger partial charge in [0.25, 0.3) is 5.56 Å². The third-order valence-electron chi connectivity index (χ3n) is 8.11. The van der Waals surface area contributed by atoms with Crippen LogP contribution in [0.4, 0.5) is 0 Å². The van der Waals surface area contributed by atoms with Crippen LogP contribution in [0.3, 0.4) is 0 Å². The fraction of sp³-hybridized carbons (Fsp3) is 0.229. The number of nitrogens with zero attached hydrogens (tertiary/aromatic N) is 3. The summed E-state index contributed by atoms with van der Waals surface area (Å²) in [4.78, 5) is 33.2. The van der Waals surface area contributed by atoms with E-state index in [1.54, 1.807) is 25.5 Å². The minimum Gasteiger partial charge on any atom is -0.496 e. The maximum absolute atomic E-state index is 14.4. The van der Waals surface area contributed by atoms with Gasteiger partial charge in [-0.15, -0.1) is 0 Å². The summed E-state index contributed by atoms with van der Waals surface area (Å²) in [6.07, 6.45) is 1.93. The van der Waals surface area contributed by atoms with Crippen LogP contribution >= 0.6 is 33.9 Å². The minimum atomic E-state index is -0.782. The summed E-state index contributed by atoms with van der Waals surface area (Å²) in [5.41, 5.74) is 6.70. The first-order chi connectivity index (χ1) is 21.1. The Bertz CT molecular complexity index is 2190. The lowest BCUT2D eigenvalue weighted by molar-refractivity contribution is -0.139. The van der Waals surface area contributed by atoms with E-state index in [1.807, 2.05) is 42.5 Å². The van der Waals surface area contributed by atoms with Crippen molar-refractivity contribution in [2.24, 2.45) is 4.99 Å². The molecule has 0 saturated carbocycles. The number of esters is 1. The third kappa shape index (κ3) is 5.01. The van der Waals surface area contributed by atoms with E-state index in [1.165, 1.54) is 20.5 Å². The van der Waals surface area contributed by atoms with Crippen LogP contribution in [0.1, 0.15) is 48.0 Å². The normalized spacial score (nSPS) is 15.0. The summed E-state index contributed by atoms with van der Waals surface area (Å²) in [6, 6.07) is 19.5. The van der Waals surface area contributed by atoms with Crippen molar-refractivity contribution < 1.29 is 14.3 Å². The topological polar surface area (TPSA) is 74.8 Å². The van der Waals surface area contributed by atoms with Gasteiger partial charge in [-0.3, -0.25) is 9.36 Å². The maximum atomic E-state index is 14.4. The van der Waals surface area contributed by atoms with Crippen LogP contribution in [0.15, 0.2) is 81.7 Å². The number of halogens is 1. The predicted molar refractivity (Wildman–Crippen MR) is 184 cm³/mol.